The highest BCUT2D eigenvalue weighted by Gasteiger charge is 2.38. The van der Waals surface area contributed by atoms with Crippen molar-refractivity contribution >= 4 is 11.6 Å². The van der Waals surface area contributed by atoms with Crippen molar-refractivity contribution in [3.8, 4) is 11.5 Å². The first-order valence-corrected chi connectivity index (χ1v) is 8.62. The molecule has 4 rings (SSSR count). The van der Waals surface area contributed by atoms with E-state index in [0.29, 0.717) is 24.5 Å². The topological polar surface area (TPSA) is 93.9 Å². The summed E-state index contributed by atoms with van der Waals surface area (Å²) < 4.78 is 11.0. The summed E-state index contributed by atoms with van der Waals surface area (Å²) in [6.45, 7) is 4.14. The second-order valence-electron chi connectivity index (χ2n) is 6.82. The van der Waals surface area contributed by atoms with Crippen molar-refractivity contribution in [2.24, 2.45) is 0 Å². The Labute approximate surface area is 155 Å². The molecule has 1 atom stereocenters. The summed E-state index contributed by atoms with van der Waals surface area (Å²) in [6.07, 6.45) is 0.654. The van der Waals surface area contributed by atoms with E-state index in [4.69, 9.17) is 9.47 Å². The number of rotatable bonds is 2. The summed E-state index contributed by atoms with van der Waals surface area (Å²) >= 11 is 0. The predicted octanol–water partition coefficient (Wildman–Crippen LogP) is 2.50. The molecule has 1 N–H and O–H groups in total. The van der Waals surface area contributed by atoms with Crippen LogP contribution in [-0.4, -0.2) is 29.2 Å². The van der Waals surface area contributed by atoms with Crippen LogP contribution in [0.1, 0.15) is 30.5 Å². The maximum Gasteiger partial charge on any atom is 0.269 e. The SMILES string of the molecule is CC(=O)N1CCc2cc3c(cc2[C@@](C)(c2ccc([N+](=O)[O-])cc2)N1)OCO3. The van der Waals surface area contributed by atoms with Crippen LogP contribution in [0.15, 0.2) is 36.4 Å². The molecule has 8 heteroatoms. The number of nitro benzene ring substituents is 1. The van der Waals surface area contributed by atoms with Crippen LogP contribution in [0.2, 0.25) is 0 Å². The number of carbonyl (C=O) groups excluding carboxylic acids is 1. The van der Waals surface area contributed by atoms with Crippen LogP contribution in [0.5, 0.6) is 11.5 Å². The lowest BCUT2D eigenvalue weighted by atomic mass is 9.82. The van der Waals surface area contributed by atoms with E-state index in [1.165, 1.54) is 19.1 Å². The fourth-order valence-electron chi connectivity index (χ4n) is 3.65. The molecule has 0 spiro atoms. The third-order valence-corrected chi connectivity index (χ3v) is 5.14. The Morgan fingerprint density at radius 3 is 2.52 bits per heavy atom. The van der Waals surface area contributed by atoms with Crippen molar-refractivity contribution in [3.05, 3.63) is 63.2 Å². The van der Waals surface area contributed by atoms with Crippen LogP contribution < -0.4 is 14.9 Å². The van der Waals surface area contributed by atoms with Crippen molar-refractivity contribution in [1.29, 1.82) is 0 Å². The molecule has 140 valence electrons. The first kappa shape index (κ1) is 17.3. The molecule has 1 amide bonds. The molecule has 8 nitrogen and oxygen atoms in total. The van der Waals surface area contributed by atoms with Crippen LogP contribution in [0.4, 0.5) is 5.69 Å². The number of benzene rings is 2. The molecule has 0 bridgehead atoms. The van der Waals surface area contributed by atoms with Gasteiger partial charge < -0.3 is 9.47 Å². The number of hydrogen-bond acceptors (Lipinski definition) is 6. The first-order chi connectivity index (χ1) is 12.9. The highest BCUT2D eigenvalue weighted by molar-refractivity contribution is 5.73. The fourth-order valence-corrected chi connectivity index (χ4v) is 3.65. The van der Waals surface area contributed by atoms with Gasteiger partial charge in [0.2, 0.25) is 12.7 Å². The molecule has 27 heavy (non-hydrogen) atoms. The Morgan fingerprint density at radius 1 is 1.22 bits per heavy atom. The molecular formula is C19H19N3O5. The van der Waals surface area contributed by atoms with Crippen molar-refractivity contribution < 1.29 is 19.2 Å². The zero-order valence-electron chi connectivity index (χ0n) is 15.0. The summed E-state index contributed by atoms with van der Waals surface area (Å²) in [5.74, 6) is 1.24. The molecular weight excluding hydrogens is 350 g/mol. The predicted molar refractivity (Wildman–Crippen MR) is 96.3 cm³/mol. The first-order valence-electron chi connectivity index (χ1n) is 8.62. The van der Waals surface area contributed by atoms with Gasteiger partial charge in [-0.2, -0.15) is 0 Å². The maximum absolute atomic E-state index is 12.1. The highest BCUT2D eigenvalue weighted by atomic mass is 16.7. The van der Waals surface area contributed by atoms with Gasteiger partial charge in [0.05, 0.1) is 10.5 Å². The number of non-ortho nitro benzene ring substituents is 1. The molecule has 0 aliphatic carbocycles. The molecule has 2 heterocycles. The third-order valence-electron chi connectivity index (χ3n) is 5.14. The van der Waals surface area contributed by atoms with E-state index >= 15 is 0 Å². The summed E-state index contributed by atoms with van der Waals surface area (Å²) in [5.41, 5.74) is 5.36. The van der Waals surface area contributed by atoms with Crippen LogP contribution in [-0.2, 0) is 16.8 Å². The van der Waals surface area contributed by atoms with Crippen molar-refractivity contribution in [3.63, 3.8) is 0 Å². The molecule has 0 saturated carbocycles. The number of nitro groups is 1. The van der Waals surface area contributed by atoms with Gasteiger partial charge in [-0.15, -0.1) is 0 Å². The molecule has 0 radical (unpaired) electrons. The standard InChI is InChI=1S/C19H19N3O5/c1-12(23)21-8-7-13-9-17-18(27-11-26-17)10-16(13)19(2,20-21)14-3-5-15(6-4-14)22(24)25/h3-6,9-10,20H,7-8,11H2,1-2H3/t19-/m1/s1. The minimum atomic E-state index is -0.770. The van der Waals surface area contributed by atoms with Gasteiger partial charge in [-0.1, -0.05) is 0 Å². The van der Waals surface area contributed by atoms with Crippen molar-refractivity contribution in [2.45, 2.75) is 25.8 Å². The lowest BCUT2D eigenvalue weighted by Gasteiger charge is -2.36. The van der Waals surface area contributed by atoms with E-state index in [2.05, 4.69) is 5.43 Å². The Bertz CT molecular complexity index is 928. The smallest absolute Gasteiger partial charge is 0.269 e. The van der Waals surface area contributed by atoms with Crippen molar-refractivity contribution in [1.82, 2.24) is 10.4 Å². The normalized spacial score (nSPS) is 20.7. The van der Waals surface area contributed by atoms with Gasteiger partial charge in [0.1, 0.15) is 0 Å². The largest absolute Gasteiger partial charge is 0.454 e. The number of hydrazine groups is 1. The van der Waals surface area contributed by atoms with E-state index in [9.17, 15) is 14.9 Å². The summed E-state index contributed by atoms with van der Waals surface area (Å²) in [6, 6.07) is 10.2. The number of nitrogens with one attached hydrogen (secondary N) is 1. The van der Waals surface area contributed by atoms with Crippen LogP contribution in [0.3, 0.4) is 0 Å². The molecule has 2 aromatic rings. The van der Waals surface area contributed by atoms with Gasteiger partial charge in [0, 0.05) is 25.6 Å². The lowest BCUT2D eigenvalue weighted by Crippen LogP contribution is -2.52. The number of nitrogens with zero attached hydrogens (tertiary/aromatic N) is 2. The molecule has 2 aliphatic heterocycles. The number of ether oxygens (including phenoxy) is 2. The van der Waals surface area contributed by atoms with E-state index < -0.39 is 10.5 Å². The van der Waals surface area contributed by atoms with Crippen LogP contribution in [0, 0.1) is 10.1 Å². The van der Waals surface area contributed by atoms with E-state index in [1.54, 1.807) is 17.1 Å². The van der Waals surface area contributed by atoms with E-state index in [0.717, 1.165) is 16.7 Å². The molecule has 2 aliphatic rings. The van der Waals surface area contributed by atoms with E-state index in [-0.39, 0.29) is 18.4 Å². The fraction of sp³-hybridized carbons (Fsp3) is 0.316. The van der Waals surface area contributed by atoms with Gasteiger partial charge in [0.25, 0.3) is 5.69 Å². The average Bonchev–Trinajstić information content (AvgIpc) is 3.05. The Hall–Kier alpha value is -3.13. The number of carbonyl (C=O) groups is 1. The van der Waals surface area contributed by atoms with Gasteiger partial charge in [-0.05, 0) is 54.3 Å². The second kappa shape index (κ2) is 6.24. The van der Waals surface area contributed by atoms with Crippen LogP contribution >= 0.6 is 0 Å². The molecule has 2 aromatic carbocycles. The molecule has 0 unspecified atom stereocenters. The second-order valence-corrected chi connectivity index (χ2v) is 6.82. The molecule has 0 fully saturated rings. The van der Waals surface area contributed by atoms with Gasteiger partial charge >= 0.3 is 0 Å². The minimum absolute atomic E-state index is 0.0188. The Balaban J connectivity index is 1.87. The number of amides is 1. The highest BCUT2D eigenvalue weighted by Crippen LogP contribution is 2.42. The quantitative estimate of drug-likeness (QED) is 0.646. The van der Waals surface area contributed by atoms with Gasteiger partial charge in [0.15, 0.2) is 11.5 Å². The van der Waals surface area contributed by atoms with Gasteiger partial charge in [-0.3, -0.25) is 19.9 Å². The average molecular weight is 369 g/mol. The Morgan fingerprint density at radius 2 is 1.89 bits per heavy atom. The summed E-state index contributed by atoms with van der Waals surface area (Å²) in [4.78, 5) is 22.7. The lowest BCUT2D eigenvalue weighted by molar-refractivity contribution is -0.384. The summed E-state index contributed by atoms with van der Waals surface area (Å²) in [7, 11) is 0. The maximum atomic E-state index is 12.1. The number of fused-ring (bicyclic) bond motifs is 2. The van der Waals surface area contributed by atoms with Crippen LogP contribution in [0.25, 0.3) is 0 Å². The minimum Gasteiger partial charge on any atom is -0.454 e. The third kappa shape index (κ3) is 2.87. The van der Waals surface area contributed by atoms with Gasteiger partial charge in [-0.25, -0.2) is 5.43 Å². The Kier molecular flexibility index (Phi) is 4.00. The molecule has 0 aromatic heterocycles. The zero-order valence-corrected chi connectivity index (χ0v) is 15.0. The van der Waals surface area contributed by atoms with Crippen molar-refractivity contribution in [2.75, 3.05) is 13.3 Å². The summed E-state index contributed by atoms with van der Waals surface area (Å²) in [5, 5.41) is 12.6. The number of hydrogen-bond donors (Lipinski definition) is 1. The zero-order chi connectivity index (χ0) is 19.2. The monoisotopic (exact) mass is 369 g/mol. The van der Waals surface area contributed by atoms with E-state index in [1.807, 2.05) is 19.1 Å². The molecule has 0 saturated heterocycles.